The van der Waals surface area contributed by atoms with E-state index in [4.69, 9.17) is 9.47 Å². The van der Waals surface area contributed by atoms with Crippen molar-refractivity contribution in [3.8, 4) is 11.5 Å². The molecule has 1 heterocycles. The summed E-state index contributed by atoms with van der Waals surface area (Å²) in [6.45, 7) is 3.17. The summed E-state index contributed by atoms with van der Waals surface area (Å²) in [6, 6.07) is 16.8. The van der Waals surface area contributed by atoms with Gasteiger partial charge in [0.25, 0.3) is 0 Å². The fourth-order valence-electron chi connectivity index (χ4n) is 2.49. The molecule has 0 saturated carbocycles. The van der Waals surface area contributed by atoms with Crippen molar-refractivity contribution in [1.29, 1.82) is 0 Å². The van der Waals surface area contributed by atoms with Crippen molar-refractivity contribution >= 4 is 0 Å². The Morgan fingerprint density at radius 2 is 1.67 bits per heavy atom. The molecule has 2 aromatic carbocycles. The van der Waals surface area contributed by atoms with Gasteiger partial charge >= 0.3 is 0 Å². The Morgan fingerprint density at radius 1 is 0.857 bits per heavy atom. The number of benzene rings is 2. The quantitative estimate of drug-likeness (QED) is 0.826. The highest BCUT2D eigenvalue weighted by Crippen LogP contribution is 2.30. The third kappa shape index (κ3) is 3.99. The van der Waals surface area contributed by atoms with Gasteiger partial charge in [-0.05, 0) is 42.6 Å². The van der Waals surface area contributed by atoms with Crippen LogP contribution in [0.15, 0.2) is 48.5 Å². The molecule has 110 valence electrons. The highest BCUT2D eigenvalue weighted by atomic mass is 16.6. The van der Waals surface area contributed by atoms with Gasteiger partial charge in [-0.3, -0.25) is 0 Å². The Hall–Kier alpha value is -2.00. The molecule has 1 N–H and O–H groups in total. The highest BCUT2D eigenvalue weighted by molar-refractivity contribution is 5.43. The lowest BCUT2D eigenvalue weighted by molar-refractivity contribution is 0.171. The van der Waals surface area contributed by atoms with E-state index in [2.05, 4.69) is 47.8 Å². The van der Waals surface area contributed by atoms with E-state index in [1.807, 2.05) is 6.07 Å². The molecule has 0 bridgehead atoms. The van der Waals surface area contributed by atoms with Crippen molar-refractivity contribution in [3.05, 3.63) is 59.7 Å². The number of ether oxygens (including phenoxy) is 2. The van der Waals surface area contributed by atoms with Crippen molar-refractivity contribution in [2.45, 2.75) is 19.4 Å². The first-order valence-electron chi connectivity index (χ1n) is 7.55. The molecule has 0 aromatic heterocycles. The summed E-state index contributed by atoms with van der Waals surface area (Å²) in [5, 5.41) is 3.48. The second-order valence-corrected chi connectivity index (χ2v) is 5.24. The Morgan fingerprint density at radius 3 is 2.52 bits per heavy atom. The minimum absolute atomic E-state index is 0.640. The maximum absolute atomic E-state index is 5.60. The Balaban J connectivity index is 1.41. The van der Waals surface area contributed by atoms with Crippen LogP contribution >= 0.6 is 0 Å². The molecule has 0 unspecified atom stereocenters. The van der Waals surface area contributed by atoms with Crippen LogP contribution in [0.4, 0.5) is 0 Å². The number of fused-ring (bicyclic) bond motifs is 1. The lowest BCUT2D eigenvalue weighted by Crippen LogP contribution is -2.17. The zero-order valence-corrected chi connectivity index (χ0v) is 12.2. The lowest BCUT2D eigenvalue weighted by atomic mass is 10.1. The van der Waals surface area contributed by atoms with Crippen LogP contribution in [0.2, 0.25) is 0 Å². The maximum atomic E-state index is 5.60. The van der Waals surface area contributed by atoms with Crippen LogP contribution in [0.1, 0.15) is 17.5 Å². The zero-order valence-electron chi connectivity index (χ0n) is 12.2. The van der Waals surface area contributed by atoms with Gasteiger partial charge in [0.15, 0.2) is 11.5 Å². The molecule has 0 fully saturated rings. The predicted octanol–water partition coefficient (Wildman–Crippen LogP) is 3.18. The second-order valence-electron chi connectivity index (χ2n) is 5.24. The number of aryl methyl sites for hydroxylation is 1. The van der Waals surface area contributed by atoms with Gasteiger partial charge in [-0.15, -0.1) is 0 Å². The molecule has 21 heavy (non-hydrogen) atoms. The minimum atomic E-state index is 0.640. The fraction of sp³-hybridized carbons (Fsp3) is 0.333. The van der Waals surface area contributed by atoms with Gasteiger partial charge < -0.3 is 14.8 Å². The average molecular weight is 283 g/mol. The first-order chi connectivity index (χ1) is 10.4. The largest absolute Gasteiger partial charge is 0.486 e. The summed E-state index contributed by atoms with van der Waals surface area (Å²) in [6.07, 6.45) is 2.27. The SMILES string of the molecule is c1ccc(CCCNCc2ccc3c(c2)OCCO3)cc1. The minimum Gasteiger partial charge on any atom is -0.486 e. The summed E-state index contributed by atoms with van der Waals surface area (Å²) in [4.78, 5) is 0. The van der Waals surface area contributed by atoms with E-state index < -0.39 is 0 Å². The molecule has 0 spiro atoms. The molecular weight excluding hydrogens is 262 g/mol. The van der Waals surface area contributed by atoms with Gasteiger partial charge in [-0.1, -0.05) is 36.4 Å². The van der Waals surface area contributed by atoms with E-state index >= 15 is 0 Å². The molecule has 0 atom stereocenters. The van der Waals surface area contributed by atoms with Gasteiger partial charge in [0.05, 0.1) is 0 Å². The molecule has 1 aliphatic heterocycles. The first-order valence-corrected chi connectivity index (χ1v) is 7.55. The predicted molar refractivity (Wildman–Crippen MR) is 83.9 cm³/mol. The van der Waals surface area contributed by atoms with E-state index in [-0.39, 0.29) is 0 Å². The van der Waals surface area contributed by atoms with Crippen LogP contribution in [0.5, 0.6) is 11.5 Å². The van der Waals surface area contributed by atoms with Gasteiger partial charge in [0.1, 0.15) is 13.2 Å². The van der Waals surface area contributed by atoms with Crippen LogP contribution in [0.3, 0.4) is 0 Å². The molecule has 3 heteroatoms. The van der Waals surface area contributed by atoms with Gasteiger partial charge in [-0.2, -0.15) is 0 Å². The number of hydrogen-bond acceptors (Lipinski definition) is 3. The highest BCUT2D eigenvalue weighted by Gasteiger charge is 2.11. The summed E-state index contributed by atoms with van der Waals surface area (Å²) in [5.41, 5.74) is 2.64. The smallest absolute Gasteiger partial charge is 0.161 e. The Kier molecular flexibility index (Phi) is 4.74. The van der Waals surface area contributed by atoms with Crippen LogP contribution in [-0.2, 0) is 13.0 Å². The maximum Gasteiger partial charge on any atom is 0.161 e. The van der Waals surface area contributed by atoms with Crippen molar-refractivity contribution in [1.82, 2.24) is 5.32 Å². The molecule has 1 aliphatic rings. The van der Waals surface area contributed by atoms with E-state index in [1.165, 1.54) is 11.1 Å². The van der Waals surface area contributed by atoms with Crippen molar-refractivity contribution in [3.63, 3.8) is 0 Å². The first kappa shape index (κ1) is 14.0. The average Bonchev–Trinajstić information content (AvgIpc) is 2.55. The third-order valence-corrected chi connectivity index (χ3v) is 3.60. The summed E-state index contributed by atoms with van der Waals surface area (Å²) < 4.78 is 11.1. The van der Waals surface area contributed by atoms with Crippen LogP contribution in [0.25, 0.3) is 0 Å². The summed E-state index contributed by atoms with van der Waals surface area (Å²) in [7, 11) is 0. The fourth-order valence-corrected chi connectivity index (χ4v) is 2.49. The standard InChI is InChI=1S/C18H21NO2/c1-2-5-15(6-3-1)7-4-10-19-14-16-8-9-17-18(13-16)21-12-11-20-17/h1-3,5-6,8-9,13,19H,4,7,10-12,14H2. The zero-order chi connectivity index (χ0) is 14.3. The van der Waals surface area contributed by atoms with Crippen molar-refractivity contribution in [2.75, 3.05) is 19.8 Å². The number of nitrogens with one attached hydrogen (secondary N) is 1. The van der Waals surface area contributed by atoms with Crippen molar-refractivity contribution in [2.24, 2.45) is 0 Å². The molecule has 3 nitrogen and oxygen atoms in total. The number of rotatable bonds is 6. The van der Waals surface area contributed by atoms with E-state index in [0.717, 1.165) is 37.4 Å². The monoisotopic (exact) mass is 283 g/mol. The van der Waals surface area contributed by atoms with Crippen LogP contribution < -0.4 is 14.8 Å². The Bertz CT molecular complexity index is 569. The van der Waals surface area contributed by atoms with Crippen LogP contribution in [0, 0.1) is 0 Å². The summed E-state index contributed by atoms with van der Waals surface area (Å²) >= 11 is 0. The molecule has 3 rings (SSSR count). The normalized spacial score (nSPS) is 13.1. The third-order valence-electron chi connectivity index (χ3n) is 3.60. The lowest BCUT2D eigenvalue weighted by Gasteiger charge is -2.19. The van der Waals surface area contributed by atoms with E-state index in [9.17, 15) is 0 Å². The molecule has 0 aliphatic carbocycles. The molecular formula is C18H21NO2. The van der Waals surface area contributed by atoms with Gasteiger partial charge in [0, 0.05) is 6.54 Å². The van der Waals surface area contributed by atoms with E-state index in [1.54, 1.807) is 0 Å². The van der Waals surface area contributed by atoms with Gasteiger partial charge in [0.2, 0.25) is 0 Å². The number of hydrogen-bond donors (Lipinski definition) is 1. The molecule has 0 saturated heterocycles. The van der Waals surface area contributed by atoms with E-state index in [0.29, 0.717) is 13.2 Å². The van der Waals surface area contributed by atoms with Gasteiger partial charge in [-0.25, -0.2) is 0 Å². The van der Waals surface area contributed by atoms with Crippen LogP contribution in [-0.4, -0.2) is 19.8 Å². The Labute approximate surface area is 125 Å². The second kappa shape index (κ2) is 7.14. The van der Waals surface area contributed by atoms with Crippen molar-refractivity contribution < 1.29 is 9.47 Å². The molecule has 0 radical (unpaired) electrons. The topological polar surface area (TPSA) is 30.5 Å². The molecule has 0 amide bonds. The summed E-state index contributed by atoms with van der Waals surface area (Å²) in [5.74, 6) is 1.72. The molecule has 2 aromatic rings.